The van der Waals surface area contributed by atoms with E-state index < -0.39 is 6.10 Å². The molecule has 1 aromatic heterocycles. The van der Waals surface area contributed by atoms with E-state index in [4.69, 9.17) is 14.2 Å². The number of unbranched alkanes of at least 4 members (excludes halogenated alkanes) is 1. The minimum Gasteiger partial charge on any atom is -0.508 e. The Hall–Kier alpha value is -3.74. The van der Waals surface area contributed by atoms with Crippen molar-refractivity contribution in [3.8, 4) is 23.0 Å². The smallest absolute Gasteiger partial charge is 0.302 e. The van der Waals surface area contributed by atoms with Crippen LogP contribution in [0.4, 0.5) is 0 Å². The largest absolute Gasteiger partial charge is 0.508 e. The third kappa shape index (κ3) is 9.01. The van der Waals surface area contributed by atoms with Crippen molar-refractivity contribution in [2.45, 2.75) is 64.9 Å². The number of carbonyl (C=O) groups is 2. The van der Waals surface area contributed by atoms with Gasteiger partial charge in [-0.15, -0.1) is 0 Å². The fourth-order valence-corrected chi connectivity index (χ4v) is 4.43. The third-order valence-corrected chi connectivity index (χ3v) is 6.33. The highest BCUT2D eigenvalue weighted by Crippen LogP contribution is 2.34. The van der Waals surface area contributed by atoms with E-state index in [1.165, 1.54) is 13.0 Å². The van der Waals surface area contributed by atoms with Crippen molar-refractivity contribution >= 4 is 11.8 Å². The van der Waals surface area contributed by atoms with Gasteiger partial charge in [0.05, 0.1) is 7.11 Å². The van der Waals surface area contributed by atoms with Crippen LogP contribution in [0, 0.1) is 5.92 Å². The first kappa shape index (κ1) is 27.8. The maximum Gasteiger partial charge on any atom is 0.302 e. The second-order valence-electron chi connectivity index (χ2n) is 9.30. The van der Waals surface area contributed by atoms with Gasteiger partial charge in [0.2, 0.25) is 0 Å². The molecule has 0 unspecified atom stereocenters. The van der Waals surface area contributed by atoms with Crippen LogP contribution in [-0.2, 0) is 27.2 Å². The average Bonchev–Trinajstić information content (AvgIpc) is 3.38. The standard InChI is InChI=1S/C30H37NO6/c1-4-5-7-24(16-23-14-15-31-20-23)29(36-21(2)32)19-26(34)12-10-22-11-13-28(30(17-22)35-3)37-27-9-6-8-25(33)18-27/h6,8-9,11,13-15,17-18,20,24,29,31,33H,4-5,7,10,12,16,19H2,1-3H3/t24-,29+/m1/s1. The van der Waals surface area contributed by atoms with E-state index in [0.717, 1.165) is 36.8 Å². The summed E-state index contributed by atoms with van der Waals surface area (Å²) in [5.74, 6) is 1.44. The van der Waals surface area contributed by atoms with Crippen molar-refractivity contribution in [3.63, 3.8) is 0 Å². The number of aromatic amines is 1. The SMILES string of the molecule is CCCC[C@H](Cc1cc[nH]c1)[C@H](CC(=O)CCc1ccc(Oc2cccc(O)c2)c(OC)c1)OC(C)=O. The van der Waals surface area contributed by atoms with Gasteiger partial charge in [-0.2, -0.15) is 0 Å². The molecule has 0 saturated heterocycles. The molecule has 0 aliphatic rings. The Morgan fingerprint density at radius 3 is 2.57 bits per heavy atom. The zero-order valence-corrected chi connectivity index (χ0v) is 21.9. The first-order chi connectivity index (χ1) is 17.9. The minimum absolute atomic E-state index is 0.0564. The Bertz CT molecular complexity index is 1140. The number of ether oxygens (including phenoxy) is 3. The highest BCUT2D eigenvalue weighted by Gasteiger charge is 2.27. The lowest BCUT2D eigenvalue weighted by atomic mass is 9.87. The number of methoxy groups -OCH3 is 1. The summed E-state index contributed by atoms with van der Waals surface area (Å²) in [4.78, 5) is 27.9. The van der Waals surface area contributed by atoms with Gasteiger partial charge in [-0.05, 0) is 60.7 Å². The van der Waals surface area contributed by atoms with E-state index in [9.17, 15) is 14.7 Å². The van der Waals surface area contributed by atoms with Gasteiger partial charge in [0, 0.05) is 44.1 Å². The number of aryl methyl sites for hydroxylation is 1. The number of phenols is 1. The van der Waals surface area contributed by atoms with Crippen molar-refractivity contribution in [2.24, 2.45) is 5.92 Å². The van der Waals surface area contributed by atoms with Gasteiger partial charge in [0.25, 0.3) is 0 Å². The van der Waals surface area contributed by atoms with E-state index in [-0.39, 0.29) is 29.8 Å². The molecule has 2 N–H and O–H groups in total. The van der Waals surface area contributed by atoms with Gasteiger partial charge in [-0.1, -0.05) is 31.9 Å². The molecule has 198 valence electrons. The first-order valence-electron chi connectivity index (χ1n) is 12.8. The molecule has 0 aliphatic heterocycles. The number of aromatic hydroxyl groups is 1. The monoisotopic (exact) mass is 507 g/mol. The van der Waals surface area contributed by atoms with Gasteiger partial charge in [-0.25, -0.2) is 0 Å². The number of nitrogens with one attached hydrogen (secondary N) is 1. The summed E-state index contributed by atoms with van der Waals surface area (Å²) in [6.07, 6.45) is 8.16. The van der Waals surface area contributed by atoms with Crippen LogP contribution in [0.5, 0.6) is 23.0 Å². The number of phenolic OH excluding ortho intramolecular Hbond substituents is 1. The maximum absolute atomic E-state index is 13.0. The van der Waals surface area contributed by atoms with Gasteiger partial charge in [-0.3, -0.25) is 9.59 Å². The summed E-state index contributed by atoms with van der Waals surface area (Å²) < 4.78 is 17.0. The van der Waals surface area contributed by atoms with E-state index in [1.54, 1.807) is 31.4 Å². The van der Waals surface area contributed by atoms with Crippen LogP contribution in [0.3, 0.4) is 0 Å². The number of Topliss-reactive ketones (excluding diaryl/α,β-unsaturated/α-hetero) is 1. The van der Waals surface area contributed by atoms with Crippen LogP contribution in [0.2, 0.25) is 0 Å². The van der Waals surface area contributed by atoms with Crippen molar-refractivity contribution in [2.75, 3.05) is 7.11 Å². The summed E-state index contributed by atoms with van der Waals surface area (Å²) in [6.45, 7) is 3.53. The van der Waals surface area contributed by atoms with Gasteiger partial charge >= 0.3 is 5.97 Å². The molecule has 7 nitrogen and oxygen atoms in total. The van der Waals surface area contributed by atoms with Gasteiger partial charge in [0.15, 0.2) is 11.5 Å². The summed E-state index contributed by atoms with van der Waals surface area (Å²) in [6, 6.07) is 14.1. The van der Waals surface area contributed by atoms with Crippen LogP contribution in [-0.4, -0.2) is 35.1 Å². The molecule has 0 aliphatic carbocycles. The fourth-order valence-electron chi connectivity index (χ4n) is 4.43. The van der Waals surface area contributed by atoms with Crippen molar-refractivity contribution in [1.82, 2.24) is 4.98 Å². The molecule has 2 atom stereocenters. The molecule has 1 heterocycles. The third-order valence-electron chi connectivity index (χ3n) is 6.33. The Morgan fingerprint density at radius 2 is 1.89 bits per heavy atom. The second-order valence-corrected chi connectivity index (χ2v) is 9.30. The van der Waals surface area contributed by atoms with Crippen LogP contribution >= 0.6 is 0 Å². The summed E-state index contributed by atoms with van der Waals surface area (Å²) in [5, 5.41) is 9.66. The number of hydrogen-bond donors (Lipinski definition) is 2. The molecule has 0 spiro atoms. The molecular formula is C30H37NO6. The molecule has 3 aromatic rings. The topological polar surface area (TPSA) is 97.9 Å². The molecule has 37 heavy (non-hydrogen) atoms. The number of ketones is 1. The van der Waals surface area contributed by atoms with Crippen LogP contribution < -0.4 is 9.47 Å². The van der Waals surface area contributed by atoms with Crippen LogP contribution in [0.25, 0.3) is 0 Å². The predicted octanol–water partition coefficient (Wildman–Crippen LogP) is 6.39. The van der Waals surface area contributed by atoms with E-state index in [1.807, 2.05) is 30.6 Å². The highest BCUT2D eigenvalue weighted by atomic mass is 16.5. The maximum atomic E-state index is 13.0. The van der Waals surface area contributed by atoms with Crippen molar-refractivity contribution in [3.05, 3.63) is 72.1 Å². The molecule has 2 aromatic carbocycles. The molecule has 0 bridgehead atoms. The summed E-state index contributed by atoms with van der Waals surface area (Å²) >= 11 is 0. The molecule has 7 heteroatoms. The fraction of sp³-hybridized carbons (Fsp3) is 0.400. The molecular weight excluding hydrogens is 470 g/mol. The van der Waals surface area contributed by atoms with Crippen molar-refractivity contribution in [1.29, 1.82) is 0 Å². The number of esters is 1. The summed E-state index contributed by atoms with van der Waals surface area (Å²) in [7, 11) is 1.56. The minimum atomic E-state index is -0.445. The average molecular weight is 508 g/mol. The van der Waals surface area contributed by atoms with E-state index in [2.05, 4.69) is 11.9 Å². The zero-order chi connectivity index (χ0) is 26.6. The number of hydrogen-bond acceptors (Lipinski definition) is 6. The Balaban J connectivity index is 1.64. The number of carbonyl (C=O) groups excluding carboxylic acids is 2. The zero-order valence-electron chi connectivity index (χ0n) is 21.9. The molecule has 0 amide bonds. The molecule has 3 rings (SSSR count). The van der Waals surface area contributed by atoms with Crippen LogP contribution in [0.15, 0.2) is 60.9 Å². The molecule has 0 saturated carbocycles. The number of aromatic nitrogens is 1. The Morgan fingerprint density at radius 1 is 1.05 bits per heavy atom. The number of rotatable bonds is 15. The van der Waals surface area contributed by atoms with Gasteiger partial charge in [0.1, 0.15) is 23.4 Å². The summed E-state index contributed by atoms with van der Waals surface area (Å²) in [5.41, 5.74) is 2.08. The quantitative estimate of drug-likeness (QED) is 0.231. The lowest BCUT2D eigenvalue weighted by Gasteiger charge is -2.26. The molecule has 0 radical (unpaired) electrons. The van der Waals surface area contributed by atoms with Gasteiger partial charge < -0.3 is 24.3 Å². The Labute approximate surface area is 218 Å². The highest BCUT2D eigenvalue weighted by molar-refractivity contribution is 5.79. The Kier molecular flexibility index (Phi) is 10.6. The molecule has 0 fully saturated rings. The normalized spacial score (nSPS) is 12.5. The first-order valence-corrected chi connectivity index (χ1v) is 12.8. The predicted molar refractivity (Wildman–Crippen MR) is 142 cm³/mol. The second kappa shape index (κ2) is 14.1. The van der Waals surface area contributed by atoms with Crippen molar-refractivity contribution < 1.29 is 28.9 Å². The number of H-pyrrole nitrogens is 1. The van der Waals surface area contributed by atoms with E-state index >= 15 is 0 Å². The lowest BCUT2D eigenvalue weighted by molar-refractivity contribution is -0.150. The van der Waals surface area contributed by atoms with Crippen LogP contribution in [0.1, 0.15) is 57.1 Å². The van der Waals surface area contributed by atoms with E-state index in [0.29, 0.717) is 30.1 Å². The lowest BCUT2D eigenvalue weighted by Crippen LogP contribution is -2.30. The number of benzene rings is 2.